The van der Waals surface area contributed by atoms with E-state index in [1.165, 1.54) is 5.56 Å². The van der Waals surface area contributed by atoms with E-state index in [4.69, 9.17) is 0 Å². The van der Waals surface area contributed by atoms with E-state index in [-0.39, 0.29) is 11.8 Å². The summed E-state index contributed by atoms with van der Waals surface area (Å²) in [6, 6.07) is 15.8. The van der Waals surface area contributed by atoms with Gasteiger partial charge in [0, 0.05) is 18.7 Å². The van der Waals surface area contributed by atoms with E-state index in [1.807, 2.05) is 41.3 Å². The maximum absolute atomic E-state index is 12.9. The van der Waals surface area contributed by atoms with Crippen LogP contribution in [0.25, 0.3) is 0 Å². The zero-order valence-electron chi connectivity index (χ0n) is 17.1. The molecule has 0 spiro atoms. The van der Waals surface area contributed by atoms with E-state index in [0.29, 0.717) is 31.8 Å². The lowest BCUT2D eigenvalue weighted by atomic mass is 10.1. The summed E-state index contributed by atoms with van der Waals surface area (Å²) in [6.45, 7) is 10.8. The summed E-state index contributed by atoms with van der Waals surface area (Å²) < 4.78 is 0. The lowest BCUT2D eigenvalue weighted by Gasteiger charge is -2.25. The molecule has 0 aromatic heterocycles. The summed E-state index contributed by atoms with van der Waals surface area (Å²) in [6.07, 6.45) is 2.47. The van der Waals surface area contributed by atoms with Crippen LogP contribution in [0.15, 0.2) is 61.2 Å². The van der Waals surface area contributed by atoms with Gasteiger partial charge in [-0.25, -0.2) is 0 Å². The number of nitrogens with one attached hydrogen (secondary N) is 1. The van der Waals surface area contributed by atoms with E-state index >= 15 is 0 Å². The molecular weight excluding hydrogens is 348 g/mol. The van der Waals surface area contributed by atoms with E-state index in [2.05, 4.69) is 44.8 Å². The van der Waals surface area contributed by atoms with Crippen molar-refractivity contribution in [3.05, 3.63) is 77.9 Å². The minimum atomic E-state index is -0.0414. The van der Waals surface area contributed by atoms with Gasteiger partial charge in [-0.15, -0.1) is 6.58 Å². The number of carbonyl (C=O) groups is 2. The molecule has 0 aliphatic carbocycles. The fourth-order valence-corrected chi connectivity index (χ4v) is 2.97. The zero-order valence-corrected chi connectivity index (χ0v) is 17.1. The molecule has 0 bridgehead atoms. The van der Waals surface area contributed by atoms with Gasteiger partial charge in [0.1, 0.15) is 0 Å². The monoisotopic (exact) mass is 378 g/mol. The average Bonchev–Trinajstić information content (AvgIpc) is 2.66. The Balaban J connectivity index is 2.20. The SMILES string of the molecule is C=CCNC(=O)Cc1ccc(N(Cc2ccccc2C)C(=O)CC(C)C)cc1. The first-order chi connectivity index (χ1) is 13.4. The van der Waals surface area contributed by atoms with Crippen molar-refractivity contribution in [2.75, 3.05) is 11.4 Å². The second kappa shape index (κ2) is 10.5. The van der Waals surface area contributed by atoms with E-state index in [9.17, 15) is 9.59 Å². The molecule has 0 fully saturated rings. The van der Waals surface area contributed by atoms with Crippen LogP contribution in [0.5, 0.6) is 0 Å². The van der Waals surface area contributed by atoms with Gasteiger partial charge in [-0.05, 0) is 41.7 Å². The lowest BCUT2D eigenvalue weighted by Crippen LogP contribution is -2.31. The molecule has 0 radical (unpaired) electrons. The highest BCUT2D eigenvalue weighted by atomic mass is 16.2. The number of carbonyl (C=O) groups excluding carboxylic acids is 2. The summed E-state index contributed by atoms with van der Waals surface area (Å²) in [5.41, 5.74) is 4.06. The number of anilines is 1. The minimum Gasteiger partial charge on any atom is -0.352 e. The third kappa shape index (κ3) is 6.38. The maximum Gasteiger partial charge on any atom is 0.227 e. The second-order valence-electron chi connectivity index (χ2n) is 7.44. The van der Waals surface area contributed by atoms with Gasteiger partial charge in [-0.3, -0.25) is 9.59 Å². The van der Waals surface area contributed by atoms with Gasteiger partial charge in [0.2, 0.25) is 11.8 Å². The van der Waals surface area contributed by atoms with Crippen LogP contribution in [0.1, 0.15) is 37.0 Å². The van der Waals surface area contributed by atoms with Crippen molar-refractivity contribution in [2.24, 2.45) is 5.92 Å². The van der Waals surface area contributed by atoms with Crippen molar-refractivity contribution in [3.8, 4) is 0 Å². The number of aryl methyl sites for hydroxylation is 1. The van der Waals surface area contributed by atoms with Crippen LogP contribution in [-0.4, -0.2) is 18.4 Å². The van der Waals surface area contributed by atoms with Gasteiger partial charge in [0.25, 0.3) is 0 Å². The number of benzene rings is 2. The molecule has 1 N–H and O–H groups in total. The number of rotatable bonds is 9. The highest BCUT2D eigenvalue weighted by Crippen LogP contribution is 2.22. The van der Waals surface area contributed by atoms with Gasteiger partial charge in [-0.2, -0.15) is 0 Å². The Hall–Kier alpha value is -2.88. The summed E-state index contributed by atoms with van der Waals surface area (Å²) >= 11 is 0. The van der Waals surface area contributed by atoms with Gasteiger partial charge in [0.05, 0.1) is 13.0 Å². The van der Waals surface area contributed by atoms with Gasteiger partial charge < -0.3 is 10.2 Å². The number of nitrogens with zero attached hydrogens (tertiary/aromatic N) is 1. The molecule has 0 atom stereocenters. The number of hydrogen-bond acceptors (Lipinski definition) is 2. The first-order valence-electron chi connectivity index (χ1n) is 9.72. The van der Waals surface area contributed by atoms with Crippen LogP contribution in [0.3, 0.4) is 0 Å². The first-order valence-corrected chi connectivity index (χ1v) is 9.72. The van der Waals surface area contributed by atoms with Crippen molar-refractivity contribution in [3.63, 3.8) is 0 Å². The molecule has 148 valence electrons. The Labute approximate surface area is 168 Å². The second-order valence-corrected chi connectivity index (χ2v) is 7.44. The standard InChI is InChI=1S/C24H30N2O2/c1-5-14-25-23(27)16-20-10-12-22(13-11-20)26(24(28)15-18(2)3)17-21-9-7-6-8-19(21)4/h5-13,18H,1,14-17H2,2-4H3,(H,25,27). The van der Waals surface area contributed by atoms with Crippen LogP contribution in [0, 0.1) is 12.8 Å². The third-order valence-electron chi connectivity index (χ3n) is 4.53. The van der Waals surface area contributed by atoms with E-state index in [1.54, 1.807) is 6.08 Å². The summed E-state index contributed by atoms with van der Waals surface area (Å²) in [4.78, 5) is 26.6. The molecule has 28 heavy (non-hydrogen) atoms. The molecule has 0 aliphatic heterocycles. The summed E-state index contributed by atoms with van der Waals surface area (Å²) in [7, 11) is 0. The highest BCUT2D eigenvalue weighted by Gasteiger charge is 2.18. The van der Waals surface area contributed by atoms with E-state index in [0.717, 1.165) is 16.8 Å². The fourth-order valence-electron chi connectivity index (χ4n) is 2.97. The minimum absolute atomic E-state index is 0.0414. The van der Waals surface area contributed by atoms with Crippen molar-refractivity contribution in [1.29, 1.82) is 0 Å². The number of hydrogen-bond donors (Lipinski definition) is 1. The van der Waals surface area contributed by atoms with Crippen LogP contribution in [-0.2, 0) is 22.6 Å². The van der Waals surface area contributed by atoms with Gasteiger partial charge in [-0.1, -0.05) is 56.3 Å². The molecule has 0 saturated carbocycles. The Morgan fingerprint density at radius 3 is 2.39 bits per heavy atom. The Morgan fingerprint density at radius 2 is 1.79 bits per heavy atom. The Kier molecular flexibility index (Phi) is 8.00. The molecular formula is C24H30N2O2. The quantitative estimate of drug-likeness (QED) is 0.657. The molecule has 2 amide bonds. The molecule has 2 aromatic rings. The van der Waals surface area contributed by atoms with Crippen LogP contribution in [0.4, 0.5) is 5.69 Å². The normalized spacial score (nSPS) is 10.6. The molecule has 2 rings (SSSR count). The molecule has 0 heterocycles. The predicted octanol–water partition coefficient (Wildman–Crippen LogP) is 4.42. The Bertz CT molecular complexity index is 810. The highest BCUT2D eigenvalue weighted by molar-refractivity contribution is 5.93. The fraction of sp³-hybridized carbons (Fsp3) is 0.333. The maximum atomic E-state index is 12.9. The van der Waals surface area contributed by atoms with Gasteiger partial charge >= 0.3 is 0 Å². The first kappa shape index (κ1) is 21.4. The third-order valence-corrected chi connectivity index (χ3v) is 4.53. The predicted molar refractivity (Wildman–Crippen MR) is 115 cm³/mol. The topological polar surface area (TPSA) is 49.4 Å². The zero-order chi connectivity index (χ0) is 20.5. The molecule has 0 aliphatic rings. The molecule has 0 unspecified atom stereocenters. The molecule has 0 saturated heterocycles. The van der Waals surface area contributed by atoms with Crippen LogP contribution < -0.4 is 10.2 Å². The smallest absolute Gasteiger partial charge is 0.227 e. The molecule has 4 nitrogen and oxygen atoms in total. The summed E-state index contributed by atoms with van der Waals surface area (Å²) in [5, 5.41) is 2.78. The Morgan fingerprint density at radius 1 is 1.11 bits per heavy atom. The van der Waals surface area contributed by atoms with Crippen molar-refractivity contribution >= 4 is 17.5 Å². The van der Waals surface area contributed by atoms with Crippen molar-refractivity contribution in [2.45, 2.75) is 40.2 Å². The molecule has 2 aromatic carbocycles. The lowest BCUT2D eigenvalue weighted by molar-refractivity contribution is -0.120. The number of amides is 2. The molecule has 4 heteroatoms. The largest absolute Gasteiger partial charge is 0.352 e. The van der Waals surface area contributed by atoms with Crippen molar-refractivity contribution < 1.29 is 9.59 Å². The van der Waals surface area contributed by atoms with Crippen LogP contribution >= 0.6 is 0 Å². The van der Waals surface area contributed by atoms with Crippen LogP contribution in [0.2, 0.25) is 0 Å². The summed E-state index contributed by atoms with van der Waals surface area (Å²) in [5.74, 6) is 0.356. The van der Waals surface area contributed by atoms with Gasteiger partial charge in [0.15, 0.2) is 0 Å². The van der Waals surface area contributed by atoms with Crippen molar-refractivity contribution in [1.82, 2.24) is 5.32 Å². The van der Waals surface area contributed by atoms with E-state index < -0.39 is 0 Å². The average molecular weight is 379 g/mol.